The van der Waals surface area contributed by atoms with Crippen LogP contribution in [0.25, 0.3) is 33.6 Å². The molecule has 47 heavy (non-hydrogen) atoms. The summed E-state index contributed by atoms with van der Waals surface area (Å²) in [6.07, 6.45) is 4.07. The zero-order chi connectivity index (χ0) is 33.5. The van der Waals surface area contributed by atoms with Crippen molar-refractivity contribution in [2.75, 3.05) is 18.4 Å². The van der Waals surface area contributed by atoms with Crippen molar-refractivity contribution in [3.8, 4) is 22.6 Å². The molecule has 0 saturated carbocycles. The molecule has 3 amide bonds. The minimum Gasteiger partial charge on any atom is -0.456 e. The minimum atomic E-state index is -0.626. The molecule has 0 unspecified atom stereocenters. The first-order valence-corrected chi connectivity index (χ1v) is 16.2. The topological polar surface area (TPSA) is 130 Å². The van der Waals surface area contributed by atoms with Crippen LogP contribution in [0.15, 0.2) is 59.1 Å². The zero-order valence-corrected chi connectivity index (χ0v) is 27.9. The van der Waals surface area contributed by atoms with E-state index < -0.39 is 23.3 Å². The number of fused-ring (bicyclic) bond motifs is 1. The van der Waals surface area contributed by atoms with Gasteiger partial charge < -0.3 is 24.2 Å². The van der Waals surface area contributed by atoms with Crippen LogP contribution in [0.2, 0.25) is 0 Å². The SMILES string of the molecule is CC(C)(C)OC(=O)N1CCC[C@@H]1C(=O)Nc1ccc(-c2cc3cc(-c4cnc([C@H]5CCCN5C(=O)OC(C)(C)C)[nH]4)ccc3o2)cc1. The van der Waals surface area contributed by atoms with Gasteiger partial charge >= 0.3 is 12.2 Å². The zero-order valence-electron chi connectivity index (χ0n) is 27.9. The first kappa shape index (κ1) is 32.2. The third-order valence-electron chi connectivity index (χ3n) is 8.24. The van der Waals surface area contributed by atoms with Gasteiger partial charge in [-0.05, 0) is 116 Å². The van der Waals surface area contributed by atoms with Crippen LogP contribution in [0.4, 0.5) is 15.3 Å². The number of anilines is 1. The molecule has 2 atom stereocenters. The number of carbonyl (C=O) groups excluding carboxylic acids is 3. The van der Waals surface area contributed by atoms with Crippen LogP contribution in [0.1, 0.15) is 79.1 Å². The Hall–Kier alpha value is -4.80. The number of furan rings is 1. The summed E-state index contributed by atoms with van der Waals surface area (Å²) in [5.41, 5.74) is 2.87. The van der Waals surface area contributed by atoms with Crippen molar-refractivity contribution in [1.82, 2.24) is 19.8 Å². The van der Waals surface area contributed by atoms with Gasteiger partial charge in [0.1, 0.15) is 34.4 Å². The summed E-state index contributed by atoms with van der Waals surface area (Å²) in [6, 6.07) is 14.7. The lowest BCUT2D eigenvalue weighted by atomic mass is 10.1. The normalized spacial score (nSPS) is 18.5. The lowest BCUT2D eigenvalue weighted by Gasteiger charge is -2.28. The maximum absolute atomic E-state index is 13.1. The van der Waals surface area contributed by atoms with Crippen LogP contribution in [-0.4, -0.2) is 68.2 Å². The van der Waals surface area contributed by atoms with Gasteiger partial charge in [0.15, 0.2) is 0 Å². The third-order valence-corrected chi connectivity index (χ3v) is 8.24. The summed E-state index contributed by atoms with van der Waals surface area (Å²) in [5, 5.41) is 3.88. The number of carbonyl (C=O) groups is 3. The molecule has 4 heterocycles. The van der Waals surface area contributed by atoms with E-state index in [1.54, 1.807) is 11.1 Å². The monoisotopic (exact) mass is 641 g/mol. The molecule has 4 aromatic rings. The second-order valence-electron chi connectivity index (χ2n) is 14.3. The number of likely N-dealkylation sites (tertiary alicyclic amines) is 2. The van der Waals surface area contributed by atoms with Crippen molar-refractivity contribution in [2.45, 2.75) is 90.5 Å². The molecule has 2 aliphatic heterocycles. The van der Waals surface area contributed by atoms with Gasteiger partial charge in [-0.15, -0.1) is 0 Å². The Kier molecular flexibility index (Phi) is 8.50. The van der Waals surface area contributed by atoms with E-state index >= 15 is 0 Å². The predicted octanol–water partition coefficient (Wildman–Crippen LogP) is 7.90. The number of hydrogen-bond acceptors (Lipinski definition) is 7. The molecule has 0 bridgehead atoms. The molecule has 2 fully saturated rings. The van der Waals surface area contributed by atoms with Gasteiger partial charge in [0.25, 0.3) is 0 Å². The Bertz CT molecular complexity index is 1780. The van der Waals surface area contributed by atoms with E-state index in [0.717, 1.165) is 52.9 Å². The van der Waals surface area contributed by atoms with Crippen molar-refractivity contribution >= 4 is 34.8 Å². The van der Waals surface area contributed by atoms with Crippen LogP contribution in [0, 0.1) is 0 Å². The van der Waals surface area contributed by atoms with Gasteiger partial charge in [0.2, 0.25) is 5.91 Å². The molecule has 0 aliphatic carbocycles. The lowest BCUT2D eigenvalue weighted by molar-refractivity contribution is -0.120. The summed E-state index contributed by atoms with van der Waals surface area (Å²) in [7, 11) is 0. The van der Waals surface area contributed by atoms with E-state index in [4.69, 9.17) is 13.9 Å². The van der Waals surface area contributed by atoms with Crippen molar-refractivity contribution < 1.29 is 28.3 Å². The summed E-state index contributed by atoms with van der Waals surface area (Å²) in [4.78, 5) is 49.8. The summed E-state index contributed by atoms with van der Waals surface area (Å²) >= 11 is 0. The van der Waals surface area contributed by atoms with E-state index in [9.17, 15) is 14.4 Å². The number of aromatic nitrogens is 2. The van der Waals surface area contributed by atoms with Crippen LogP contribution in [0.3, 0.4) is 0 Å². The minimum absolute atomic E-state index is 0.155. The highest BCUT2D eigenvalue weighted by Gasteiger charge is 2.37. The number of imidazole rings is 1. The van der Waals surface area contributed by atoms with Crippen molar-refractivity contribution in [3.63, 3.8) is 0 Å². The van der Waals surface area contributed by atoms with E-state index in [1.165, 1.54) is 4.90 Å². The molecule has 248 valence electrons. The Morgan fingerprint density at radius 1 is 0.851 bits per heavy atom. The summed E-state index contributed by atoms with van der Waals surface area (Å²) in [6.45, 7) is 12.2. The molecule has 6 rings (SSSR count). The number of rotatable bonds is 5. The Balaban J connectivity index is 1.12. The first-order chi connectivity index (χ1) is 22.2. The molecular formula is C36H43N5O6. The van der Waals surface area contributed by atoms with Gasteiger partial charge in [-0.3, -0.25) is 14.6 Å². The van der Waals surface area contributed by atoms with Crippen molar-refractivity contribution in [3.05, 3.63) is 60.6 Å². The van der Waals surface area contributed by atoms with E-state index in [0.29, 0.717) is 31.0 Å². The number of nitrogens with one attached hydrogen (secondary N) is 2. The highest BCUT2D eigenvalue weighted by atomic mass is 16.6. The van der Waals surface area contributed by atoms with Gasteiger partial charge in [-0.2, -0.15) is 0 Å². The van der Waals surface area contributed by atoms with Gasteiger partial charge in [0.05, 0.1) is 17.9 Å². The number of ether oxygens (including phenoxy) is 2. The molecule has 2 aromatic heterocycles. The van der Waals surface area contributed by atoms with Gasteiger partial charge in [0, 0.05) is 35.3 Å². The number of H-pyrrole nitrogens is 1. The number of benzene rings is 2. The first-order valence-electron chi connectivity index (χ1n) is 16.2. The molecule has 0 radical (unpaired) electrons. The molecule has 2 aromatic carbocycles. The molecule has 11 heteroatoms. The van der Waals surface area contributed by atoms with Crippen LogP contribution in [-0.2, 0) is 14.3 Å². The average Bonchev–Trinajstić information content (AvgIpc) is 3.81. The maximum atomic E-state index is 13.1. The summed E-state index contributed by atoms with van der Waals surface area (Å²) < 4.78 is 17.3. The average molecular weight is 642 g/mol. The molecule has 11 nitrogen and oxygen atoms in total. The second kappa shape index (κ2) is 12.4. The highest BCUT2D eigenvalue weighted by molar-refractivity contribution is 5.97. The molecule has 2 saturated heterocycles. The third kappa shape index (κ3) is 7.29. The second-order valence-corrected chi connectivity index (χ2v) is 14.3. The Morgan fingerprint density at radius 2 is 1.49 bits per heavy atom. The number of amides is 3. The largest absolute Gasteiger partial charge is 0.456 e. The smallest absolute Gasteiger partial charge is 0.410 e. The fourth-order valence-corrected chi connectivity index (χ4v) is 6.12. The van der Waals surface area contributed by atoms with Crippen molar-refractivity contribution in [2.24, 2.45) is 0 Å². The predicted molar refractivity (Wildman–Crippen MR) is 179 cm³/mol. The number of hydrogen-bond donors (Lipinski definition) is 2. The molecule has 2 N–H and O–H groups in total. The Labute approximate surface area is 274 Å². The number of nitrogens with zero attached hydrogens (tertiary/aromatic N) is 3. The van der Waals surface area contributed by atoms with E-state index in [1.807, 2.05) is 90.1 Å². The quantitative estimate of drug-likeness (QED) is 0.227. The van der Waals surface area contributed by atoms with Gasteiger partial charge in [-0.25, -0.2) is 14.6 Å². The van der Waals surface area contributed by atoms with E-state index in [2.05, 4.69) is 15.3 Å². The fraction of sp³-hybridized carbons (Fsp3) is 0.444. The molecular weight excluding hydrogens is 598 g/mol. The van der Waals surface area contributed by atoms with Crippen LogP contribution < -0.4 is 5.32 Å². The van der Waals surface area contributed by atoms with Crippen LogP contribution >= 0.6 is 0 Å². The highest BCUT2D eigenvalue weighted by Crippen LogP contribution is 2.35. The Morgan fingerprint density at radius 3 is 2.19 bits per heavy atom. The summed E-state index contributed by atoms with van der Waals surface area (Å²) in [5.74, 6) is 1.21. The number of aromatic amines is 1. The molecule has 2 aliphatic rings. The van der Waals surface area contributed by atoms with E-state index in [-0.39, 0.29) is 18.0 Å². The molecule has 0 spiro atoms. The van der Waals surface area contributed by atoms with Crippen molar-refractivity contribution in [1.29, 1.82) is 0 Å². The van der Waals surface area contributed by atoms with Gasteiger partial charge in [-0.1, -0.05) is 0 Å². The standard InChI is InChI=1S/C36H43N5O6/c1-35(2,3)46-33(43)40-17-7-9-27(40)31-37-21-26(39-31)23-13-16-29-24(19-23)20-30(45-29)22-11-14-25(15-12-22)38-32(42)28-10-8-18-41(28)34(44)47-36(4,5)6/h11-16,19-21,27-28H,7-10,17-18H2,1-6H3,(H,37,39)(H,38,42)/t27-,28-/m1/s1. The fourth-order valence-electron chi connectivity index (χ4n) is 6.12. The lowest BCUT2D eigenvalue weighted by Crippen LogP contribution is -2.45. The van der Waals surface area contributed by atoms with Crippen LogP contribution in [0.5, 0.6) is 0 Å². The maximum Gasteiger partial charge on any atom is 0.410 e.